The summed E-state index contributed by atoms with van der Waals surface area (Å²) >= 11 is 0. The summed E-state index contributed by atoms with van der Waals surface area (Å²) in [5.41, 5.74) is 0.460. The van der Waals surface area contributed by atoms with Crippen molar-refractivity contribution in [2.24, 2.45) is 34.5 Å². The number of carbonyl (C=O) groups excluding carboxylic acids is 1. The normalized spacial score (nSPS) is 58.7. The molecule has 6 rings (SSSR count). The van der Waals surface area contributed by atoms with Crippen molar-refractivity contribution in [1.29, 1.82) is 0 Å². The maximum absolute atomic E-state index is 13.5. The Morgan fingerprint density at radius 3 is 2.62 bits per heavy atom. The number of nitrogens with zero attached hydrogens (tertiary/aromatic N) is 1. The van der Waals surface area contributed by atoms with E-state index in [0.717, 1.165) is 37.3 Å². The first-order valence-corrected chi connectivity index (χ1v) is 11.4. The lowest BCUT2D eigenvalue weighted by atomic mass is 9.45. The Morgan fingerprint density at radius 2 is 1.81 bits per heavy atom. The van der Waals surface area contributed by atoms with Gasteiger partial charge in [0.1, 0.15) is 0 Å². The number of rotatable bonds is 1. The van der Waals surface area contributed by atoms with Crippen LogP contribution >= 0.6 is 0 Å². The van der Waals surface area contributed by atoms with E-state index in [1.807, 2.05) is 0 Å². The van der Waals surface area contributed by atoms with Gasteiger partial charge < -0.3 is 4.74 Å². The predicted octanol–water partition coefficient (Wildman–Crippen LogP) is 4.05. The Hall–Kier alpha value is -0.410. The zero-order valence-electron chi connectivity index (χ0n) is 16.6. The van der Waals surface area contributed by atoms with E-state index in [-0.39, 0.29) is 11.5 Å². The standard InChI is InChI=1S/C23H35NO2/c1-22-8-7-16-15(6-5-14-11-19-20(26-19)13-23(14,16)2)17(22)12-18(21(22)25)24-9-3-4-10-24/h14-20H,3-13H2,1-2H3/t14-,15-,16+,17+,18+,19+,20-,22+,23+/m1/s1. The summed E-state index contributed by atoms with van der Waals surface area (Å²) in [5.74, 6) is 3.78. The molecule has 0 spiro atoms. The molecule has 0 aromatic heterocycles. The quantitative estimate of drug-likeness (QED) is 0.664. The first kappa shape index (κ1) is 16.5. The first-order chi connectivity index (χ1) is 12.5. The zero-order valence-corrected chi connectivity index (χ0v) is 16.6. The van der Waals surface area contributed by atoms with Gasteiger partial charge in [-0.05, 0) is 100.0 Å². The van der Waals surface area contributed by atoms with Crippen LogP contribution in [0.4, 0.5) is 0 Å². The molecule has 2 aliphatic heterocycles. The molecule has 6 fully saturated rings. The molecule has 0 aromatic carbocycles. The Kier molecular flexibility index (Phi) is 3.40. The van der Waals surface area contributed by atoms with Crippen LogP contribution in [0.25, 0.3) is 0 Å². The van der Waals surface area contributed by atoms with Gasteiger partial charge in [0.2, 0.25) is 0 Å². The second-order valence-corrected chi connectivity index (χ2v) is 11.1. The van der Waals surface area contributed by atoms with E-state index in [2.05, 4.69) is 18.7 Å². The second-order valence-electron chi connectivity index (χ2n) is 11.1. The zero-order chi connectivity index (χ0) is 17.7. The van der Waals surface area contributed by atoms with E-state index in [4.69, 9.17) is 4.74 Å². The summed E-state index contributed by atoms with van der Waals surface area (Å²) in [4.78, 5) is 16.0. The SMILES string of the molecule is C[C@]12C[C@H]3O[C@H]3C[C@H]1CC[C@@H]1[C@@H]2CC[C@]2(C)C(=O)[C@@H](N3CCCC3)C[C@@H]12. The molecule has 0 bridgehead atoms. The van der Waals surface area contributed by atoms with Gasteiger partial charge in [0.15, 0.2) is 5.78 Å². The van der Waals surface area contributed by atoms with Crippen molar-refractivity contribution in [2.45, 2.75) is 89.9 Å². The fourth-order valence-corrected chi connectivity index (χ4v) is 8.68. The van der Waals surface area contributed by atoms with Gasteiger partial charge in [-0.1, -0.05) is 13.8 Å². The van der Waals surface area contributed by atoms with Crippen LogP contribution in [0.5, 0.6) is 0 Å². The summed E-state index contributed by atoms with van der Waals surface area (Å²) in [6, 6.07) is 0.249. The number of ether oxygens (including phenoxy) is 1. The lowest BCUT2D eigenvalue weighted by Gasteiger charge is -2.58. The van der Waals surface area contributed by atoms with Gasteiger partial charge in [-0.25, -0.2) is 0 Å². The van der Waals surface area contributed by atoms with E-state index in [9.17, 15) is 4.79 Å². The molecular weight excluding hydrogens is 322 g/mol. The van der Waals surface area contributed by atoms with Crippen LogP contribution in [0.1, 0.15) is 71.6 Å². The van der Waals surface area contributed by atoms with Crippen molar-refractivity contribution in [3.05, 3.63) is 0 Å². The van der Waals surface area contributed by atoms with Crippen LogP contribution < -0.4 is 0 Å². The number of ketones is 1. The second kappa shape index (κ2) is 5.35. The van der Waals surface area contributed by atoms with Crippen LogP contribution in [-0.2, 0) is 9.53 Å². The molecule has 4 saturated carbocycles. The molecule has 0 unspecified atom stereocenters. The smallest absolute Gasteiger partial charge is 0.156 e. The van der Waals surface area contributed by atoms with Crippen molar-refractivity contribution < 1.29 is 9.53 Å². The van der Waals surface area contributed by atoms with Gasteiger partial charge in [0, 0.05) is 5.41 Å². The number of hydrogen-bond donors (Lipinski definition) is 0. The fourth-order valence-electron chi connectivity index (χ4n) is 8.68. The third kappa shape index (κ3) is 2.05. The number of likely N-dealkylation sites (tertiary alicyclic amines) is 1. The lowest BCUT2D eigenvalue weighted by Crippen LogP contribution is -2.53. The van der Waals surface area contributed by atoms with Gasteiger partial charge >= 0.3 is 0 Å². The number of fused-ring (bicyclic) bond motifs is 6. The molecular formula is C23H35NO2. The van der Waals surface area contributed by atoms with Crippen LogP contribution in [0.2, 0.25) is 0 Å². The molecule has 144 valence electrons. The predicted molar refractivity (Wildman–Crippen MR) is 101 cm³/mol. The van der Waals surface area contributed by atoms with Crippen LogP contribution in [0.3, 0.4) is 0 Å². The third-order valence-electron chi connectivity index (χ3n) is 10.2. The van der Waals surface area contributed by atoms with Crippen LogP contribution in [0.15, 0.2) is 0 Å². The molecule has 0 radical (unpaired) electrons. The van der Waals surface area contributed by atoms with Crippen molar-refractivity contribution >= 4 is 5.78 Å². The topological polar surface area (TPSA) is 32.8 Å². The molecule has 4 aliphatic carbocycles. The van der Waals surface area contributed by atoms with Gasteiger partial charge in [0.25, 0.3) is 0 Å². The minimum atomic E-state index is -0.0229. The van der Waals surface area contributed by atoms with E-state index in [1.165, 1.54) is 51.4 Å². The van der Waals surface area contributed by atoms with E-state index >= 15 is 0 Å². The highest BCUT2D eigenvalue weighted by Crippen LogP contribution is 2.67. The Balaban J connectivity index is 1.30. The van der Waals surface area contributed by atoms with Crippen molar-refractivity contribution in [3.8, 4) is 0 Å². The summed E-state index contributed by atoms with van der Waals surface area (Å²) in [6.45, 7) is 7.27. The molecule has 0 amide bonds. The average Bonchev–Trinajstić information content (AvgIpc) is 3.02. The van der Waals surface area contributed by atoms with Crippen molar-refractivity contribution in [1.82, 2.24) is 4.90 Å². The van der Waals surface area contributed by atoms with Gasteiger partial charge in [-0.3, -0.25) is 9.69 Å². The summed E-state index contributed by atoms with van der Waals surface area (Å²) in [6.07, 6.45) is 12.8. The molecule has 9 atom stereocenters. The number of Topliss-reactive ketones (excluding diaryl/α,β-unsaturated/α-hetero) is 1. The fraction of sp³-hybridized carbons (Fsp3) is 0.957. The number of carbonyl (C=O) groups is 1. The van der Waals surface area contributed by atoms with E-state index < -0.39 is 0 Å². The third-order valence-corrected chi connectivity index (χ3v) is 10.2. The van der Waals surface area contributed by atoms with Gasteiger partial charge in [0.05, 0.1) is 18.2 Å². The summed E-state index contributed by atoms with van der Waals surface area (Å²) in [5, 5.41) is 0. The van der Waals surface area contributed by atoms with Crippen LogP contribution in [-0.4, -0.2) is 42.0 Å². The van der Waals surface area contributed by atoms with E-state index in [0.29, 0.717) is 29.3 Å². The van der Waals surface area contributed by atoms with Gasteiger partial charge in [-0.15, -0.1) is 0 Å². The maximum atomic E-state index is 13.5. The average molecular weight is 358 g/mol. The largest absolute Gasteiger partial charge is 0.370 e. The Bertz CT molecular complexity index is 628. The molecule has 26 heavy (non-hydrogen) atoms. The molecule has 2 saturated heterocycles. The first-order valence-electron chi connectivity index (χ1n) is 11.4. The molecule has 3 nitrogen and oxygen atoms in total. The van der Waals surface area contributed by atoms with Crippen molar-refractivity contribution in [2.75, 3.05) is 13.1 Å². The van der Waals surface area contributed by atoms with Crippen molar-refractivity contribution in [3.63, 3.8) is 0 Å². The monoisotopic (exact) mass is 357 g/mol. The highest BCUT2D eigenvalue weighted by atomic mass is 16.6. The van der Waals surface area contributed by atoms with Gasteiger partial charge in [-0.2, -0.15) is 0 Å². The summed E-state index contributed by atoms with van der Waals surface area (Å²) in [7, 11) is 0. The minimum absolute atomic E-state index is 0.0229. The number of epoxide rings is 1. The highest BCUT2D eigenvalue weighted by molar-refractivity contribution is 5.92. The molecule has 2 heterocycles. The maximum Gasteiger partial charge on any atom is 0.156 e. The summed E-state index contributed by atoms with van der Waals surface area (Å²) < 4.78 is 5.96. The Morgan fingerprint density at radius 1 is 1.00 bits per heavy atom. The van der Waals surface area contributed by atoms with E-state index in [1.54, 1.807) is 0 Å². The highest BCUT2D eigenvalue weighted by Gasteiger charge is 2.65. The number of hydrogen-bond acceptors (Lipinski definition) is 3. The Labute approximate surface area is 158 Å². The molecule has 3 heteroatoms. The lowest BCUT2D eigenvalue weighted by molar-refractivity contribution is -0.139. The molecule has 0 aromatic rings. The van der Waals surface area contributed by atoms with Crippen LogP contribution in [0, 0.1) is 34.5 Å². The molecule has 0 N–H and O–H groups in total. The minimum Gasteiger partial charge on any atom is -0.370 e. The molecule has 6 aliphatic rings.